The van der Waals surface area contributed by atoms with E-state index in [4.69, 9.17) is 0 Å². The van der Waals surface area contributed by atoms with E-state index in [0.29, 0.717) is 0 Å². The van der Waals surface area contributed by atoms with Crippen LogP contribution in [0.5, 0.6) is 0 Å². The molecule has 92 valence electrons. The number of anilines is 2. The monoisotopic (exact) mass is 305 g/mol. The molecule has 0 N–H and O–H groups in total. The summed E-state index contributed by atoms with van der Waals surface area (Å²) >= 11 is 3.44. The average molecular weight is 306 g/mol. The fourth-order valence-corrected chi connectivity index (χ4v) is 2.76. The topological polar surface area (TPSA) is 3.24 Å². The Labute approximate surface area is 114 Å². The Morgan fingerprint density at radius 2 is 1.89 bits per heavy atom. The third-order valence-electron chi connectivity index (χ3n) is 3.35. The van der Waals surface area contributed by atoms with E-state index in [9.17, 15) is 4.39 Å². The summed E-state index contributed by atoms with van der Waals surface area (Å²) in [6, 6.07) is 13.4. The minimum Gasteiger partial charge on any atom is -0.341 e. The normalized spacial score (nSPS) is 13.8. The average Bonchev–Trinajstić information content (AvgIpc) is 2.82. The molecule has 0 radical (unpaired) electrons. The van der Waals surface area contributed by atoms with Crippen molar-refractivity contribution in [3.63, 3.8) is 0 Å². The molecule has 1 heterocycles. The molecule has 0 atom stereocenters. The van der Waals surface area contributed by atoms with Gasteiger partial charge in [-0.15, -0.1) is 0 Å². The third-order valence-corrected chi connectivity index (χ3v) is 3.99. The van der Waals surface area contributed by atoms with Gasteiger partial charge in [-0.1, -0.05) is 34.1 Å². The van der Waals surface area contributed by atoms with Crippen LogP contribution in [-0.2, 0) is 11.8 Å². The SMILES string of the molecule is Fc1ccc2c(c1)N(c1ccc(CBr)cc1)CC2. The lowest BCUT2D eigenvalue weighted by atomic mass is 10.1. The highest BCUT2D eigenvalue weighted by Gasteiger charge is 2.20. The highest BCUT2D eigenvalue weighted by Crippen LogP contribution is 2.35. The summed E-state index contributed by atoms with van der Waals surface area (Å²) in [5.41, 5.74) is 4.60. The molecule has 0 unspecified atom stereocenters. The number of fused-ring (bicyclic) bond motifs is 1. The van der Waals surface area contributed by atoms with Crippen LogP contribution in [-0.4, -0.2) is 6.54 Å². The molecule has 0 amide bonds. The van der Waals surface area contributed by atoms with Crippen molar-refractivity contribution in [2.24, 2.45) is 0 Å². The van der Waals surface area contributed by atoms with Gasteiger partial charge in [-0.3, -0.25) is 0 Å². The summed E-state index contributed by atoms with van der Waals surface area (Å²) in [4.78, 5) is 2.18. The second-order valence-electron chi connectivity index (χ2n) is 4.47. The van der Waals surface area contributed by atoms with E-state index in [1.165, 1.54) is 17.2 Å². The molecule has 0 fully saturated rings. The molecule has 0 aromatic heterocycles. The van der Waals surface area contributed by atoms with Crippen molar-refractivity contribution >= 4 is 27.3 Å². The van der Waals surface area contributed by atoms with Gasteiger partial charge in [0.2, 0.25) is 0 Å². The number of nitrogens with zero attached hydrogens (tertiary/aromatic N) is 1. The second kappa shape index (κ2) is 4.73. The molecule has 2 aromatic carbocycles. The summed E-state index contributed by atoms with van der Waals surface area (Å²) in [6.45, 7) is 0.923. The standard InChI is InChI=1S/C15H13BrFN/c16-10-11-1-5-14(6-2-11)18-8-7-12-3-4-13(17)9-15(12)18/h1-6,9H,7-8,10H2. The van der Waals surface area contributed by atoms with Gasteiger partial charge in [-0.25, -0.2) is 4.39 Å². The highest BCUT2D eigenvalue weighted by atomic mass is 79.9. The van der Waals surface area contributed by atoms with Crippen LogP contribution in [0.1, 0.15) is 11.1 Å². The molecule has 0 bridgehead atoms. The van der Waals surface area contributed by atoms with Gasteiger partial charge in [0.1, 0.15) is 5.82 Å². The molecule has 1 nitrogen and oxygen atoms in total. The lowest BCUT2D eigenvalue weighted by Crippen LogP contribution is -2.13. The van der Waals surface area contributed by atoms with Crippen LogP contribution in [0.25, 0.3) is 0 Å². The lowest BCUT2D eigenvalue weighted by molar-refractivity contribution is 0.628. The van der Waals surface area contributed by atoms with Gasteiger partial charge in [0.15, 0.2) is 0 Å². The Morgan fingerprint density at radius 1 is 1.11 bits per heavy atom. The maximum atomic E-state index is 13.3. The van der Waals surface area contributed by atoms with E-state index in [-0.39, 0.29) is 5.82 Å². The summed E-state index contributed by atoms with van der Waals surface area (Å²) in [5, 5.41) is 0.860. The maximum Gasteiger partial charge on any atom is 0.125 e. The lowest BCUT2D eigenvalue weighted by Gasteiger charge is -2.19. The Balaban J connectivity index is 1.97. The first-order valence-corrected chi connectivity index (χ1v) is 7.11. The molecule has 0 saturated carbocycles. The van der Waals surface area contributed by atoms with Gasteiger partial charge in [-0.05, 0) is 41.8 Å². The molecule has 0 aliphatic carbocycles. The van der Waals surface area contributed by atoms with Gasteiger partial charge in [-0.2, -0.15) is 0 Å². The van der Waals surface area contributed by atoms with Crippen molar-refractivity contribution in [3.05, 3.63) is 59.4 Å². The first kappa shape index (κ1) is 11.7. The Bertz CT molecular complexity index is 565. The fourth-order valence-electron chi connectivity index (χ4n) is 2.39. The molecule has 1 aliphatic heterocycles. The predicted molar refractivity (Wildman–Crippen MR) is 76.2 cm³/mol. The Kier molecular flexibility index (Phi) is 3.08. The van der Waals surface area contributed by atoms with Crippen LogP contribution in [0.2, 0.25) is 0 Å². The van der Waals surface area contributed by atoms with Gasteiger partial charge in [0.25, 0.3) is 0 Å². The van der Waals surface area contributed by atoms with Crippen molar-refractivity contribution in [1.82, 2.24) is 0 Å². The van der Waals surface area contributed by atoms with Gasteiger partial charge < -0.3 is 4.90 Å². The zero-order valence-corrected chi connectivity index (χ0v) is 11.5. The summed E-state index contributed by atoms with van der Waals surface area (Å²) in [6.07, 6.45) is 0.982. The van der Waals surface area contributed by atoms with Crippen molar-refractivity contribution in [1.29, 1.82) is 0 Å². The van der Waals surface area contributed by atoms with E-state index < -0.39 is 0 Å². The molecule has 0 spiro atoms. The molecule has 3 rings (SSSR count). The van der Waals surface area contributed by atoms with Gasteiger partial charge in [0, 0.05) is 23.2 Å². The summed E-state index contributed by atoms with van der Waals surface area (Å²) < 4.78 is 13.3. The van der Waals surface area contributed by atoms with Crippen molar-refractivity contribution in [2.45, 2.75) is 11.8 Å². The Morgan fingerprint density at radius 3 is 2.61 bits per heavy atom. The molecule has 3 heteroatoms. The minimum absolute atomic E-state index is 0.169. The van der Waals surface area contributed by atoms with Crippen LogP contribution in [0.4, 0.5) is 15.8 Å². The number of rotatable bonds is 2. The van der Waals surface area contributed by atoms with E-state index in [0.717, 1.165) is 29.7 Å². The van der Waals surface area contributed by atoms with Gasteiger partial charge in [0.05, 0.1) is 0 Å². The highest BCUT2D eigenvalue weighted by molar-refractivity contribution is 9.08. The smallest absolute Gasteiger partial charge is 0.125 e. The third kappa shape index (κ3) is 2.03. The van der Waals surface area contributed by atoms with Crippen molar-refractivity contribution < 1.29 is 4.39 Å². The molecular formula is C15H13BrFN. The van der Waals surface area contributed by atoms with Crippen LogP contribution >= 0.6 is 15.9 Å². The molecule has 18 heavy (non-hydrogen) atoms. The molecule has 0 saturated heterocycles. The predicted octanol–water partition coefficient (Wildman–Crippen LogP) is 4.41. The van der Waals surface area contributed by atoms with E-state index in [2.05, 4.69) is 45.1 Å². The summed E-state index contributed by atoms with van der Waals surface area (Å²) in [7, 11) is 0. The van der Waals surface area contributed by atoms with Crippen LogP contribution < -0.4 is 4.90 Å². The summed E-state index contributed by atoms with van der Waals surface area (Å²) in [5.74, 6) is -0.169. The number of benzene rings is 2. The van der Waals surface area contributed by atoms with E-state index >= 15 is 0 Å². The first-order chi connectivity index (χ1) is 8.78. The van der Waals surface area contributed by atoms with Crippen molar-refractivity contribution in [2.75, 3.05) is 11.4 Å². The zero-order valence-electron chi connectivity index (χ0n) is 9.87. The number of alkyl halides is 1. The van der Waals surface area contributed by atoms with Crippen LogP contribution in [0.15, 0.2) is 42.5 Å². The molecule has 2 aromatic rings. The minimum atomic E-state index is -0.169. The van der Waals surface area contributed by atoms with E-state index in [1.807, 2.05) is 6.07 Å². The van der Waals surface area contributed by atoms with Gasteiger partial charge >= 0.3 is 0 Å². The van der Waals surface area contributed by atoms with Crippen molar-refractivity contribution in [3.8, 4) is 0 Å². The Hall–Kier alpha value is -1.35. The van der Waals surface area contributed by atoms with Crippen LogP contribution in [0.3, 0.4) is 0 Å². The maximum absolute atomic E-state index is 13.3. The molecular weight excluding hydrogens is 293 g/mol. The zero-order chi connectivity index (χ0) is 12.5. The first-order valence-electron chi connectivity index (χ1n) is 5.99. The number of halogens is 2. The van der Waals surface area contributed by atoms with E-state index in [1.54, 1.807) is 6.07 Å². The van der Waals surface area contributed by atoms with Crippen LogP contribution in [0, 0.1) is 5.82 Å². The quantitative estimate of drug-likeness (QED) is 0.743. The largest absolute Gasteiger partial charge is 0.341 e. The number of hydrogen-bond donors (Lipinski definition) is 0. The molecule has 1 aliphatic rings. The number of hydrogen-bond acceptors (Lipinski definition) is 1. The fraction of sp³-hybridized carbons (Fsp3) is 0.200. The second-order valence-corrected chi connectivity index (χ2v) is 5.04.